The molecule has 0 aliphatic heterocycles. The zero-order valence-electron chi connectivity index (χ0n) is 16.4. The van der Waals surface area contributed by atoms with Crippen LogP contribution in [0.4, 0.5) is 0 Å². The van der Waals surface area contributed by atoms with E-state index in [1.54, 1.807) is 25.3 Å². The van der Waals surface area contributed by atoms with Gasteiger partial charge >= 0.3 is 0 Å². The molecule has 1 amide bonds. The topological polar surface area (TPSA) is 47.6 Å². The average Bonchev–Trinajstić information content (AvgIpc) is 2.76. The summed E-state index contributed by atoms with van der Waals surface area (Å²) < 4.78 is 11.0. The number of carbonyl (C=O) groups is 1. The first-order valence-corrected chi connectivity index (χ1v) is 9.91. The van der Waals surface area contributed by atoms with Crippen molar-refractivity contribution >= 4 is 17.5 Å². The maximum atomic E-state index is 12.7. The van der Waals surface area contributed by atoms with Crippen molar-refractivity contribution < 1.29 is 14.3 Å². The lowest BCUT2D eigenvalue weighted by molar-refractivity contribution is 0.0948. The van der Waals surface area contributed by atoms with Crippen LogP contribution in [-0.4, -0.2) is 19.6 Å². The number of carbonyl (C=O) groups excluding carboxylic acids is 1. The summed E-state index contributed by atoms with van der Waals surface area (Å²) in [4.78, 5) is 12.7. The molecule has 0 atom stereocenters. The third-order valence-corrected chi connectivity index (χ3v) is 4.75. The van der Waals surface area contributed by atoms with Gasteiger partial charge in [-0.3, -0.25) is 4.79 Å². The lowest BCUT2D eigenvalue weighted by atomic mass is 10.1. The molecule has 0 bridgehead atoms. The van der Waals surface area contributed by atoms with Crippen molar-refractivity contribution in [3.8, 4) is 11.5 Å². The van der Waals surface area contributed by atoms with E-state index >= 15 is 0 Å². The van der Waals surface area contributed by atoms with Crippen molar-refractivity contribution in [2.24, 2.45) is 0 Å². The Balaban J connectivity index is 1.54. The van der Waals surface area contributed by atoms with Crippen LogP contribution in [-0.2, 0) is 13.0 Å². The van der Waals surface area contributed by atoms with Crippen LogP contribution >= 0.6 is 11.6 Å². The highest BCUT2D eigenvalue weighted by atomic mass is 35.5. The molecule has 0 fully saturated rings. The van der Waals surface area contributed by atoms with Crippen LogP contribution < -0.4 is 14.8 Å². The Morgan fingerprint density at radius 3 is 2.45 bits per heavy atom. The van der Waals surface area contributed by atoms with E-state index in [4.69, 9.17) is 21.1 Å². The Kier molecular flexibility index (Phi) is 7.54. The lowest BCUT2D eigenvalue weighted by Crippen LogP contribution is -2.25. The third kappa shape index (κ3) is 6.26. The van der Waals surface area contributed by atoms with Gasteiger partial charge in [-0.2, -0.15) is 0 Å². The number of aryl methyl sites for hydroxylation is 1. The average molecular weight is 410 g/mol. The fourth-order valence-electron chi connectivity index (χ4n) is 2.92. The SMILES string of the molecule is COc1ccc(CCCNC(=O)c2cc(Cl)ccc2OCc2ccccc2)cc1. The van der Waals surface area contributed by atoms with Gasteiger partial charge in [0.15, 0.2) is 0 Å². The molecule has 3 aromatic carbocycles. The van der Waals surface area contributed by atoms with Crippen molar-refractivity contribution in [2.75, 3.05) is 13.7 Å². The minimum absolute atomic E-state index is 0.190. The molecule has 0 aliphatic rings. The predicted molar refractivity (Wildman–Crippen MR) is 116 cm³/mol. The summed E-state index contributed by atoms with van der Waals surface area (Å²) in [6, 6.07) is 22.9. The smallest absolute Gasteiger partial charge is 0.255 e. The molecule has 0 saturated heterocycles. The summed E-state index contributed by atoms with van der Waals surface area (Å²) in [5.74, 6) is 1.17. The van der Waals surface area contributed by atoms with Gasteiger partial charge in [0.2, 0.25) is 0 Å². The van der Waals surface area contributed by atoms with Crippen LogP contribution in [0.25, 0.3) is 0 Å². The summed E-state index contributed by atoms with van der Waals surface area (Å²) in [7, 11) is 1.65. The van der Waals surface area contributed by atoms with Crippen molar-refractivity contribution in [3.05, 3.63) is 94.5 Å². The summed E-state index contributed by atoms with van der Waals surface area (Å²) in [5.41, 5.74) is 2.68. The Morgan fingerprint density at radius 1 is 0.966 bits per heavy atom. The molecule has 0 aromatic heterocycles. The molecule has 0 heterocycles. The Labute approximate surface area is 176 Å². The van der Waals surface area contributed by atoms with Gasteiger partial charge in [0.05, 0.1) is 12.7 Å². The van der Waals surface area contributed by atoms with Crippen molar-refractivity contribution in [1.82, 2.24) is 5.32 Å². The first-order valence-electron chi connectivity index (χ1n) is 9.53. The quantitative estimate of drug-likeness (QED) is 0.488. The van der Waals surface area contributed by atoms with E-state index in [1.165, 1.54) is 5.56 Å². The molecule has 29 heavy (non-hydrogen) atoms. The largest absolute Gasteiger partial charge is 0.497 e. The van der Waals surface area contributed by atoms with Gasteiger partial charge in [-0.05, 0) is 54.3 Å². The normalized spacial score (nSPS) is 10.4. The van der Waals surface area contributed by atoms with Gasteiger partial charge in [0.1, 0.15) is 18.1 Å². The first-order chi connectivity index (χ1) is 14.2. The Bertz CT molecular complexity index is 927. The first kappa shape index (κ1) is 20.7. The minimum Gasteiger partial charge on any atom is -0.497 e. The second kappa shape index (κ2) is 10.5. The molecule has 0 unspecified atom stereocenters. The molecule has 0 radical (unpaired) electrons. The van der Waals surface area contributed by atoms with Crippen LogP contribution in [0.2, 0.25) is 5.02 Å². The Hall–Kier alpha value is -2.98. The number of amides is 1. The van der Waals surface area contributed by atoms with Gasteiger partial charge < -0.3 is 14.8 Å². The van der Waals surface area contributed by atoms with Gasteiger partial charge in [-0.25, -0.2) is 0 Å². The molecule has 0 spiro atoms. The number of ether oxygens (including phenoxy) is 2. The fourth-order valence-corrected chi connectivity index (χ4v) is 3.09. The monoisotopic (exact) mass is 409 g/mol. The predicted octanol–water partition coefficient (Wildman–Crippen LogP) is 5.29. The van der Waals surface area contributed by atoms with E-state index in [0.717, 1.165) is 24.2 Å². The van der Waals surface area contributed by atoms with E-state index in [-0.39, 0.29) is 5.91 Å². The number of hydrogen-bond acceptors (Lipinski definition) is 3. The van der Waals surface area contributed by atoms with Crippen molar-refractivity contribution in [2.45, 2.75) is 19.4 Å². The number of methoxy groups -OCH3 is 1. The van der Waals surface area contributed by atoms with E-state index < -0.39 is 0 Å². The zero-order valence-corrected chi connectivity index (χ0v) is 17.1. The van der Waals surface area contributed by atoms with Crippen molar-refractivity contribution in [3.63, 3.8) is 0 Å². The van der Waals surface area contributed by atoms with Crippen molar-refractivity contribution in [1.29, 1.82) is 0 Å². The molecule has 0 aliphatic carbocycles. The fraction of sp³-hybridized carbons (Fsp3) is 0.208. The molecule has 150 valence electrons. The number of nitrogens with one attached hydrogen (secondary N) is 1. The third-order valence-electron chi connectivity index (χ3n) is 4.51. The molecule has 0 saturated carbocycles. The molecule has 4 nitrogen and oxygen atoms in total. The highest BCUT2D eigenvalue weighted by Gasteiger charge is 2.13. The number of hydrogen-bond donors (Lipinski definition) is 1. The second-order valence-electron chi connectivity index (χ2n) is 6.62. The molecular formula is C24H24ClNO3. The van der Waals surface area contributed by atoms with Gasteiger partial charge in [0.25, 0.3) is 5.91 Å². The highest BCUT2D eigenvalue weighted by Crippen LogP contribution is 2.24. The molecule has 3 rings (SSSR count). The van der Waals surface area contributed by atoms with Gasteiger partial charge in [-0.15, -0.1) is 0 Å². The summed E-state index contributed by atoms with van der Waals surface area (Å²) in [6.07, 6.45) is 1.70. The highest BCUT2D eigenvalue weighted by molar-refractivity contribution is 6.31. The van der Waals surface area contributed by atoms with Gasteiger partial charge in [0, 0.05) is 11.6 Å². The summed E-state index contributed by atoms with van der Waals surface area (Å²) in [6.45, 7) is 0.954. The molecular weight excluding hydrogens is 386 g/mol. The number of halogens is 1. The van der Waals surface area contributed by atoms with Gasteiger partial charge in [-0.1, -0.05) is 54.1 Å². The maximum Gasteiger partial charge on any atom is 0.255 e. The summed E-state index contributed by atoms with van der Waals surface area (Å²) in [5, 5.41) is 3.46. The lowest BCUT2D eigenvalue weighted by Gasteiger charge is -2.12. The maximum absolute atomic E-state index is 12.7. The molecule has 3 aromatic rings. The standard InChI is InChI=1S/C24H24ClNO3/c1-28-21-12-9-18(10-13-21)8-5-15-26-24(27)22-16-20(25)11-14-23(22)29-17-19-6-3-2-4-7-19/h2-4,6-7,9-14,16H,5,8,15,17H2,1H3,(H,26,27). The van der Waals surface area contributed by atoms with Crippen LogP contribution in [0.3, 0.4) is 0 Å². The summed E-state index contributed by atoms with van der Waals surface area (Å²) >= 11 is 6.10. The minimum atomic E-state index is -0.190. The van der Waals surface area contributed by atoms with E-state index in [2.05, 4.69) is 5.32 Å². The van der Waals surface area contributed by atoms with E-state index in [1.807, 2.05) is 54.6 Å². The Morgan fingerprint density at radius 2 is 1.72 bits per heavy atom. The molecule has 1 N–H and O–H groups in total. The number of benzene rings is 3. The van der Waals surface area contributed by atoms with Crippen LogP contribution in [0, 0.1) is 0 Å². The number of rotatable bonds is 9. The van der Waals surface area contributed by atoms with Crippen LogP contribution in [0.5, 0.6) is 11.5 Å². The van der Waals surface area contributed by atoms with Crippen LogP contribution in [0.15, 0.2) is 72.8 Å². The van der Waals surface area contributed by atoms with E-state index in [0.29, 0.717) is 29.5 Å². The van der Waals surface area contributed by atoms with E-state index in [9.17, 15) is 4.79 Å². The molecule has 5 heteroatoms. The van der Waals surface area contributed by atoms with Crippen LogP contribution in [0.1, 0.15) is 27.9 Å². The second-order valence-corrected chi connectivity index (χ2v) is 7.06. The zero-order chi connectivity index (χ0) is 20.5.